The van der Waals surface area contributed by atoms with Crippen molar-refractivity contribution in [3.63, 3.8) is 0 Å². The van der Waals surface area contributed by atoms with Crippen LogP contribution in [0.25, 0.3) is 11.1 Å². The largest absolute Gasteiger partial charge is 0.293 e. The van der Waals surface area contributed by atoms with E-state index in [0.717, 1.165) is 15.6 Å². The summed E-state index contributed by atoms with van der Waals surface area (Å²) in [6.07, 6.45) is 0. The third-order valence-electron chi connectivity index (χ3n) is 3.75. The van der Waals surface area contributed by atoms with Crippen LogP contribution in [0.3, 0.4) is 0 Å². The van der Waals surface area contributed by atoms with Gasteiger partial charge in [0.05, 0.1) is 5.88 Å². The Labute approximate surface area is 129 Å². The van der Waals surface area contributed by atoms with Crippen molar-refractivity contribution in [3.05, 3.63) is 57.6 Å². The van der Waals surface area contributed by atoms with E-state index in [1.54, 1.807) is 24.3 Å². The van der Waals surface area contributed by atoms with Gasteiger partial charge in [-0.05, 0) is 36.2 Å². The predicted molar refractivity (Wildman–Crippen MR) is 82.2 cm³/mol. The lowest BCUT2D eigenvalue weighted by molar-refractivity contribution is 0.102. The van der Waals surface area contributed by atoms with E-state index in [0.29, 0.717) is 16.7 Å². The lowest BCUT2D eigenvalue weighted by Gasteiger charge is -2.17. The van der Waals surface area contributed by atoms with Crippen LogP contribution in [0.15, 0.2) is 40.9 Å². The summed E-state index contributed by atoms with van der Waals surface area (Å²) in [7, 11) is 0. The summed E-state index contributed by atoms with van der Waals surface area (Å²) < 4.78 is 16.0. The lowest BCUT2D eigenvalue weighted by Crippen LogP contribution is -2.14. The van der Waals surface area contributed by atoms with E-state index in [4.69, 9.17) is 11.6 Å². The maximum atomic E-state index is 15.2. The summed E-state index contributed by atoms with van der Waals surface area (Å²) in [5.74, 6) is -0.289. The van der Waals surface area contributed by atoms with Gasteiger partial charge >= 0.3 is 0 Å². The molecule has 0 saturated heterocycles. The van der Waals surface area contributed by atoms with Crippen LogP contribution in [-0.4, -0.2) is 11.7 Å². The number of Topliss-reactive ketones (excluding diaryl/α,β-unsaturated/α-hetero) is 1. The summed E-state index contributed by atoms with van der Waals surface area (Å²) in [5, 5.41) is 0. The number of ketones is 1. The van der Waals surface area contributed by atoms with Crippen molar-refractivity contribution in [1.82, 2.24) is 0 Å². The lowest BCUT2D eigenvalue weighted by atomic mass is 9.94. The zero-order valence-electron chi connectivity index (χ0n) is 10.7. The SMILES string of the molecule is CC1(F)c2cc(Br)ccc2-c2ccc(C(=O)CCl)cc21. The van der Waals surface area contributed by atoms with Crippen LogP contribution in [0.4, 0.5) is 4.39 Å². The summed E-state index contributed by atoms with van der Waals surface area (Å²) in [5.41, 5.74) is 1.71. The van der Waals surface area contributed by atoms with E-state index in [9.17, 15) is 4.79 Å². The average molecular weight is 354 g/mol. The van der Waals surface area contributed by atoms with E-state index in [1.165, 1.54) is 6.92 Å². The van der Waals surface area contributed by atoms with Crippen LogP contribution >= 0.6 is 27.5 Å². The monoisotopic (exact) mass is 352 g/mol. The first-order valence-corrected chi connectivity index (χ1v) is 7.51. The number of hydrogen-bond donors (Lipinski definition) is 0. The Morgan fingerprint density at radius 3 is 2.45 bits per heavy atom. The van der Waals surface area contributed by atoms with Gasteiger partial charge in [-0.3, -0.25) is 4.79 Å². The van der Waals surface area contributed by atoms with Gasteiger partial charge in [0, 0.05) is 21.2 Å². The number of rotatable bonds is 2. The molecule has 3 rings (SSSR count). The van der Waals surface area contributed by atoms with Crippen LogP contribution in [0.1, 0.15) is 28.4 Å². The fourth-order valence-electron chi connectivity index (χ4n) is 2.70. The molecule has 102 valence electrons. The standard InChI is InChI=1S/C16H11BrClFO/c1-16(19)13-6-9(15(20)8-18)2-4-11(13)12-5-3-10(17)7-14(12)16/h2-7H,8H2,1H3. The highest BCUT2D eigenvalue weighted by Crippen LogP contribution is 2.50. The van der Waals surface area contributed by atoms with Gasteiger partial charge < -0.3 is 0 Å². The van der Waals surface area contributed by atoms with Crippen LogP contribution in [0.2, 0.25) is 0 Å². The molecule has 20 heavy (non-hydrogen) atoms. The first kappa shape index (κ1) is 13.8. The highest BCUT2D eigenvalue weighted by atomic mass is 79.9. The quantitative estimate of drug-likeness (QED) is 0.543. The maximum Gasteiger partial charge on any atom is 0.177 e. The Bertz CT molecular complexity index is 724. The molecule has 1 aliphatic rings. The Hall–Kier alpha value is -1.19. The minimum Gasteiger partial charge on any atom is -0.293 e. The topological polar surface area (TPSA) is 17.1 Å². The van der Waals surface area contributed by atoms with E-state index in [2.05, 4.69) is 15.9 Å². The third kappa shape index (κ3) is 1.92. The first-order chi connectivity index (χ1) is 9.45. The highest BCUT2D eigenvalue weighted by molar-refractivity contribution is 9.10. The number of halogens is 3. The van der Waals surface area contributed by atoms with Crippen molar-refractivity contribution in [2.45, 2.75) is 12.6 Å². The Morgan fingerprint density at radius 2 is 1.80 bits per heavy atom. The summed E-state index contributed by atoms with van der Waals surface area (Å²) in [4.78, 5) is 11.7. The molecule has 1 nitrogen and oxygen atoms in total. The molecule has 0 aromatic heterocycles. The Kier molecular flexibility index (Phi) is 3.22. The van der Waals surface area contributed by atoms with Gasteiger partial charge in [-0.2, -0.15) is 0 Å². The second kappa shape index (κ2) is 4.68. The van der Waals surface area contributed by atoms with Crippen molar-refractivity contribution in [3.8, 4) is 11.1 Å². The fraction of sp³-hybridized carbons (Fsp3) is 0.188. The smallest absolute Gasteiger partial charge is 0.177 e. The van der Waals surface area contributed by atoms with Crippen LogP contribution in [-0.2, 0) is 5.67 Å². The van der Waals surface area contributed by atoms with E-state index >= 15 is 4.39 Å². The zero-order chi connectivity index (χ0) is 14.5. The number of carbonyl (C=O) groups is 1. The van der Waals surface area contributed by atoms with Gasteiger partial charge in [0.2, 0.25) is 0 Å². The van der Waals surface area contributed by atoms with Crippen molar-refractivity contribution in [2.75, 3.05) is 5.88 Å². The summed E-state index contributed by atoms with van der Waals surface area (Å²) in [6.45, 7) is 1.53. The molecule has 0 spiro atoms. The van der Waals surface area contributed by atoms with Crippen molar-refractivity contribution in [1.29, 1.82) is 0 Å². The average Bonchev–Trinajstić information content (AvgIpc) is 2.66. The minimum atomic E-state index is -1.60. The fourth-order valence-corrected chi connectivity index (χ4v) is 3.22. The molecule has 0 aliphatic heterocycles. The molecular formula is C16H11BrClFO. The number of benzene rings is 2. The molecule has 2 aromatic rings. The van der Waals surface area contributed by atoms with Gasteiger partial charge in [0.25, 0.3) is 0 Å². The molecule has 0 N–H and O–H groups in total. The van der Waals surface area contributed by atoms with Crippen LogP contribution < -0.4 is 0 Å². The minimum absolute atomic E-state index is 0.0969. The maximum absolute atomic E-state index is 15.2. The molecule has 1 aliphatic carbocycles. The molecule has 2 aromatic carbocycles. The van der Waals surface area contributed by atoms with E-state index < -0.39 is 5.67 Å². The first-order valence-electron chi connectivity index (χ1n) is 6.18. The molecule has 0 fully saturated rings. The van der Waals surface area contributed by atoms with Gasteiger partial charge in [-0.1, -0.05) is 34.1 Å². The highest BCUT2D eigenvalue weighted by Gasteiger charge is 2.40. The Morgan fingerprint density at radius 1 is 1.20 bits per heavy atom. The van der Waals surface area contributed by atoms with Gasteiger partial charge in [0.15, 0.2) is 11.5 Å². The molecule has 0 radical (unpaired) electrons. The number of hydrogen-bond acceptors (Lipinski definition) is 1. The molecule has 4 heteroatoms. The van der Waals surface area contributed by atoms with Gasteiger partial charge in [-0.15, -0.1) is 11.6 Å². The molecule has 1 atom stereocenters. The summed E-state index contributed by atoms with van der Waals surface area (Å²) >= 11 is 8.94. The van der Waals surface area contributed by atoms with Crippen molar-refractivity contribution < 1.29 is 9.18 Å². The number of fused-ring (bicyclic) bond motifs is 3. The number of carbonyl (C=O) groups excluding carboxylic acids is 1. The second-order valence-electron chi connectivity index (χ2n) is 5.01. The van der Waals surface area contributed by atoms with E-state index in [-0.39, 0.29) is 11.7 Å². The normalized spacial score (nSPS) is 19.6. The Balaban J connectivity index is 2.24. The van der Waals surface area contributed by atoms with Crippen LogP contribution in [0, 0.1) is 0 Å². The molecule has 0 saturated carbocycles. The molecule has 0 heterocycles. The van der Waals surface area contributed by atoms with Crippen molar-refractivity contribution in [2.24, 2.45) is 0 Å². The second-order valence-corrected chi connectivity index (χ2v) is 6.19. The van der Waals surface area contributed by atoms with Gasteiger partial charge in [-0.25, -0.2) is 4.39 Å². The van der Waals surface area contributed by atoms with E-state index in [1.807, 2.05) is 12.1 Å². The van der Waals surface area contributed by atoms with Crippen LogP contribution in [0.5, 0.6) is 0 Å². The van der Waals surface area contributed by atoms with Crippen molar-refractivity contribution >= 4 is 33.3 Å². The number of alkyl halides is 2. The third-order valence-corrected chi connectivity index (χ3v) is 4.48. The summed E-state index contributed by atoms with van der Waals surface area (Å²) in [6, 6.07) is 10.7. The molecule has 0 bridgehead atoms. The van der Waals surface area contributed by atoms with Gasteiger partial charge in [0.1, 0.15) is 0 Å². The molecule has 0 amide bonds. The predicted octanol–water partition coefficient (Wildman–Crippen LogP) is 5.08. The molecular weight excluding hydrogens is 343 g/mol. The molecule has 1 unspecified atom stereocenters. The zero-order valence-corrected chi connectivity index (χ0v) is 13.1.